The first-order chi connectivity index (χ1) is 11.1. The third-order valence-corrected chi connectivity index (χ3v) is 4.55. The van der Waals surface area contributed by atoms with Crippen LogP contribution < -0.4 is 5.32 Å². The normalized spacial score (nSPS) is 13.5. The first-order valence-electron chi connectivity index (χ1n) is 7.58. The average Bonchev–Trinajstić information content (AvgIpc) is 3.03. The smallest absolute Gasteiger partial charge is 0.230 e. The number of nitrogens with zero attached hydrogens (tertiary/aromatic N) is 1. The van der Waals surface area contributed by atoms with Gasteiger partial charge in [-0.2, -0.15) is 0 Å². The number of amides is 1. The molecule has 0 bridgehead atoms. The quantitative estimate of drug-likeness (QED) is 0.776. The lowest BCUT2D eigenvalue weighted by Gasteiger charge is -2.18. The van der Waals surface area contributed by atoms with Crippen molar-refractivity contribution in [1.29, 1.82) is 0 Å². The third-order valence-electron chi connectivity index (χ3n) is 3.59. The van der Waals surface area contributed by atoms with Gasteiger partial charge in [0.05, 0.1) is 11.4 Å². The van der Waals surface area contributed by atoms with Crippen LogP contribution in [0.4, 0.5) is 0 Å². The van der Waals surface area contributed by atoms with Gasteiger partial charge in [0, 0.05) is 24.0 Å². The third kappa shape index (κ3) is 5.41. The summed E-state index contributed by atoms with van der Waals surface area (Å²) in [5.41, 5.74) is 1.76. The monoisotopic (exact) mass is 334 g/mol. The number of carbonyl (C=O) groups excluding carboxylic acids is 1. The molecule has 2 atom stereocenters. The number of benzene rings is 1. The molecular formula is C17H22N2O3S. The Kier molecular flexibility index (Phi) is 6.67. The van der Waals surface area contributed by atoms with Crippen LogP contribution in [0.2, 0.25) is 0 Å². The molecule has 124 valence electrons. The van der Waals surface area contributed by atoms with Crippen LogP contribution in [-0.4, -0.2) is 34.4 Å². The van der Waals surface area contributed by atoms with Crippen molar-refractivity contribution in [3.8, 4) is 11.5 Å². The molecule has 1 aromatic heterocycles. The predicted octanol–water partition coefficient (Wildman–Crippen LogP) is 2.71. The Labute approximate surface area is 140 Å². The summed E-state index contributed by atoms with van der Waals surface area (Å²) in [7, 11) is 0. The highest BCUT2D eigenvalue weighted by molar-refractivity contribution is 7.99. The molecule has 0 saturated heterocycles. The van der Waals surface area contributed by atoms with E-state index in [4.69, 9.17) is 9.52 Å². The molecule has 0 fully saturated rings. The number of nitrogens with one attached hydrogen (secondary N) is 1. The Hall–Kier alpha value is -1.79. The molecule has 2 rings (SSSR count). The summed E-state index contributed by atoms with van der Waals surface area (Å²) in [5, 5.41) is 11.9. The summed E-state index contributed by atoms with van der Waals surface area (Å²) in [6.45, 7) is 3.86. The number of aliphatic hydroxyl groups is 1. The van der Waals surface area contributed by atoms with E-state index in [-0.39, 0.29) is 24.5 Å². The second-order valence-corrected chi connectivity index (χ2v) is 6.50. The Morgan fingerprint density at radius 3 is 2.78 bits per heavy atom. The van der Waals surface area contributed by atoms with Crippen molar-refractivity contribution in [2.75, 3.05) is 12.4 Å². The van der Waals surface area contributed by atoms with Gasteiger partial charge in [0.25, 0.3) is 0 Å². The number of oxazole rings is 1. The summed E-state index contributed by atoms with van der Waals surface area (Å²) < 4.78 is 5.47. The highest BCUT2D eigenvalue weighted by Crippen LogP contribution is 2.20. The van der Waals surface area contributed by atoms with Gasteiger partial charge in [0.15, 0.2) is 0 Å². The minimum absolute atomic E-state index is 0.0328. The molecule has 1 aromatic carbocycles. The molecule has 1 heterocycles. The van der Waals surface area contributed by atoms with E-state index in [0.29, 0.717) is 17.4 Å². The Balaban J connectivity index is 1.77. The molecular weight excluding hydrogens is 312 g/mol. The molecule has 0 aliphatic heterocycles. The lowest BCUT2D eigenvalue weighted by atomic mass is 10.1. The maximum absolute atomic E-state index is 11.8. The number of hydrogen-bond acceptors (Lipinski definition) is 5. The van der Waals surface area contributed by atoms with Crippen molar-refractivity contribution in [2.24, 2.45) is 5.92 Å². The fourth-order valence-corrected chi connectivity index (χ4v) is 2.64. The minimum atomic E-state index is -0.0372. The van der Waals surface area contributed by atoms with Crippen molar-refractivity contribution in [2.45, 2.75) is 25.6 Å². The number of carbonyl (C=O) groups is 1. The fourth-order valence-electron chi connectivity index (χ4n) is 1.93. The number of thioether (sulfide) groups is 1. The van der Waals surface area contributed by atoms with Crippen LogP contribution in [0.1, 0.15) is 19.5 Å². The van der Waals surface area contributed by atoms with Crippen LogP contribution in [-0.2, 0) is 10.5 Å². The van der Waals surface area contributed by atoms with Crippen molar-refractivity contribution in [1.82, 2.24) is 10.3 Å². The van der Waals surface area contributed by atoms with E-state index in [1.807, 2.05) is 44.2 Å². The second kappa shape index (κ2) is 8.74. The van der Waals surface area contributed by atoms with Gasteiger partial charge in [0.1, 0.15) is 6.26 Å². The molecule has 0 radical (unpaired) electrons. The maximum atomic E-state index is 11.8. The molecule has 2 aromatic rings. The summed E-state index contributed by atoms with van der Waals surface area (Å²) in [5.74, 6) is 1.59. The molecule has 1 amide bonds. The number of hydrogen-bond donors (Lipinski definition) is 2. The Morgan fingerprint density at radius 1 is 1.35 bits per heavy atom. The van der Waals surface area contributed by atoms with Gasteiger partial charge >= 0.3 is 0 Å². The van der Waals surface area contributed by atoms with Gasteiger partial charge in [-0.3, -0.25) is 4.79 Å². The van der Waals surface area contributed by atoms with Gasteiger partial charge in [-0.1, -0.05) is 25.1 Å². The van der Waals surface area contributed by atoms with Crippen LogP contribution in [0.15, 0.2) is 41.0 Å². The van der Waals surface area contributed by atoms with E-state index in [2.05, 4.69) is 10.3 Å². The number of rotatable bonds is 8. The Morgan fingerprint density at radius 2 is 2.09 bits per heavy atom. The summed E-state index contributed by atoms with van der Waals surface area (Å²) in [6.07, 6.45) is 1.63. The summed E-state index contributed by atoms with van der Waals surface area (Å²) in [4.78, 5) is 16.3. The van der Waals surface area contributed by atoms with E-state index in [9.17, 15) is 4.79 Å². The molecule has 5 nitrogen and oxygen atoms in total. The SMILES string of the molecule is CC(CO)C(C)NC(=O)CSCc1coc(-c2ccccc2)n1. The number of aromatic nitrogens is 1. The van der Waals surface area contributed by atoms with E-state index in [1.54, 1.807) is 6.26 Å². The van der Waals surface area contributed by atoms with Crippen LogP contribution in [0, 0.1) is 5.92 Å². The topological polar surface area (TPSA) is 75.4 Å². The Bertz CT molecular complexity index is 615. The van der Waals surface area contributed by atoms with Gasteiger partial charge in [-0.05, 0) is 25.0 Å². The standard InChI is InChI=1S/C17H22N2O3S/c1-12(8-20)13(2)18-16(21)11-23-10-15-9-22-17(19-15)14-6-4-3-5-7-14/h3-7,9,12-13,20H,8,10-11H2,1-2H3,(H,18,21). The van der Waals surface area contributed by atoms with E-state index >= 15 is 0 Å². The van der Waals surface area contributed by atoms with Crippen molar-refractivity contribution in [3.05, 3.63) is 42.3 Å². The minimum Gasteiger partial charge on any atom is -0.444 e. The average molecular weight is 334 g/mol. The zero-order valence-corrected chi connectivity index (χ0v) is 14.2. The summed E-state index contributed by atoms with van der Waals surface area (Å²) in [6, 6.07) is 9.67. The van der Waals surface area contributed by atoms with Crippen LogP contribution >= 0.6 is 11.8 Å². The molecule has 0 saturated carbocycles. The zero-order valence-electron chi connectivity index (χ0n) is 13.4. The molecule has 2 N–H and O–H groups in total. The molecule has 0 aliphatic rings. The van der Waals surface area contributed by atoms with Crippen LogP contribution in [0.5, 0.6) is 0 Å². The summed E-state index contributed by atoms with van der Waals surface area (Å²) >= 11 is 1.49. The first-order valence-corrected chi connectivity index (χ1v) is 8.73. The van der Waals surface area contributed by atoms with Crippen LogP contribution in [0.25, 0.3) is 11.5 Å². The van der Waals surface area contributed by atoms with Crippen LogP contribution in [0.3, 0.4) is 0 Å². The molecule has 6 heteroatoms. The second-order valence-electron chi connectivity index (χ2n) is 5.52. The lowest BCUT2D eigenvalue weighted by molar-refractivity contribution is -0.119. The maximum Gasteiger partial charge on any atom is 0.230 e. The van der Waals surface area contributed by atoms with Crippen molar-refractivity contribution in [3.63, 3.8) is 0 Å². The molecule has 0 spiro atoms. The molecule has 2 unspecified atom stereocenters. The number of aliphatic hydroxyl groups excluding tert-OH is 1. The van der Waals surface area contributed by atoms with Crippen molar-refractivity contribution < 1.29 is 14.3 Å². The van der Waals surface area contributed by atoms with Crippen molar-refractivity contribution >= 4 is 17.7 Å². The van der Waals surface area contributed by atoms with Gasteiger partial charge in [0.2, 0.25) is 11.8 Å². The first kappa shape index (κ1) is 17.6. The highest BCUT2D eigenvalue weighted by Gasteiger charge is 2.14. The largest absolute Gasteiger partial charge is 0.444 e. The van der Waals surface area contributed by atoms with E-state index in [1.165, 1.54) is 11.8 Å². The van der Waals surface area contributed by atoms with Gasteiger partial charge < -0.3 is 14.8 Å². The van der Waals surface area contributed by atoms with Gasteiger partial charge in [-0.15, -0.1) is 11.8 Å². The fraction of sp³-hybridized carbons (Fsp3) is 0.412. The lowest BCUT2D eigenvalue weighted by Crippen LogP contribution is -2.39. The van der Waals surface area contributed by atoms with E-state index in [0.717, 1.165) is 11.3 Å². The highest BCUT2D eigenvalue weighted by atomic mass is 32.2. The molecule has 23 heavy (non-hydrogen) atoms. The van der Waals surface area contributed by atoms with Gasteiger partial charge in [-0.25, -0.2) is 4.98 Å². The van der Waals surface area contributed by atoms with E-state index < -0.39 is 0 Å². The predicted molar refractivity (Wildman–Crippen MR) is 92.0 cm³/mol. The zero-order chi connectivity index (χ0) is 16.7. The molecule has 0 aliphatic carbocycles.